The van der Waals surface area contributed by atoms with Gasteiger partial charge in [0.25, 0.3) is 0 Å². The van der Waals surface area contributed by atoms with Gasteiger partial charge in [-0.1, -0.05) is 13.8 Å². The number of nitrogens with two attached hydrogens (primary N) is 1. The first-order valence-electron chi connectivity index (χ1n) is 6.22. The number of rotatable bonds is 6. The maximum absolute atomic E-state index is 8.77. The van der Waals surface area contributed by atoms with Gasteiger partial charge in [0, 0.05) is 24.4 Å². The predicted octanol–water partition coefficient (Wildman–Crippen LogP) is 1.21. The molecule has 0 spiro atoms. The van der Waals surface area contributed by atoms with Gasteiger partial charge in [-0.15, -0.1) is 0 Å². The minimum absolute atomic E-state index is 0.0748. The van der Waals surface area contributed by atoms with Crippen LogP contribution in [0.2, 0.25) is 0 Å². The van der Waals surface area contributed by atoms with Crippen molar-refractivity contribution in [3.05, 3.63) is 0 Å². The molecule has 3 nitrogen and oxygen atoms in total. The number of nitrogens with one attached hydrogen (secondary N) is 1. The lowest BCUT2D eigenvalue weighted by Gasteiger charge is -2.50. The van der Waals surface area contributed by atoms with Crippen LogP contribution in [0.15, 0.2) is 0 Å². The van der Waals surface area contributed by atoms with E-state index in [9.17, 15) is 0 Å². The lowest BCUT2D eigenvalue weighted by molar-refractivity contribution is 0.136. The molecule has 0 saturated carbocycles. The summed E-state index contributed by atoms with van der Waals surface area (Å²) in [6, 6.07) is 0. The summed E-state index contributed by atoms with van der Waals surface area (Å²) in [5.74, 6) is 2.35. The van der Waals surface area contributed by atoms with Gasteiger partial charge in [-0.05, 0) is 37.0 Å². The summed E-state index contributed by atoms with van der Waals surface area (Å²) >= 11 is 2.00. The highest BCUT2D eigenvalue weighted by Gasteiger charge is 2.45. The summed E-state index contributed by atoms with van der Waals surface area (Å²) in [7, 11) is 0. The van der Waals surface area contributed by atoms with Crippen molar-refractivity contribution >= 4 is 11.8 Å². The van der Waals surface area contributed by atoms with E-state index >= 15 is 0 Å². The van der Waals surface area contributed by atoms with Crippen LogP contribution in [0.4, 0.5) is 0 Å². The van der Waals surface area contributed by atoms with Gasteiger partial charge in [-0.25, -0.2) is 0 Å². The summed E-state index contributed by atoms with van der Waals surface area (Å²) in [4.78, 5) is 0. The highest BCUT2D eigenvalue weighted by atomic mass is 32.2. The second kappa shape index (κ2) is 6.24. The average Bonchev–Trinajstić information content (AvgIpc) is 2.26. The van der Waals surface area contributed by atoms with Crippen LogP contribution in [0.3, 0.4) is 0 Å². The smallest absolute Gasteiger partial charge is 0.0447 e. The van der Waals surface area contributed by atoms with E-state index in [1.165, 1.54) is 12.2 Å². The molecule has 1 saturated heterocycles. The number of unbranched alkanes of at least 4 members (excludes halogenated alkanes) is 1. The molecule has 4 heteroatoms. The first-order chi connectivity index (χ1) is 7.58. The summed E-state index contributed by atoms with van der Waals surface area (Å²) < 4.78 is 0. The van der Waals surface area contributed by atoms with Gasteiger partial charge >= 0.3 is 0 Å². The Kier molecular flexibility index (Phi) is 5.57. The summed E-state index contributed by atoms with van der Waals surface area (Å²) in [6.07, 6.45) is 3.13. The Morgan fingerprint density at radius 1 is 1.38 bits per heavy atom. The number of hydrogen-bond acceptors (Lipinski definition) is 4. The highest BCUT2D eigenvalue weighted by molar-refractivity contribution is 7.99. The van der Waals surface area contributed by atoms with Crippen LogP contribution in [0.25, 0.3) is 0 Å². The molecule has 1 aliphatic rings. The van der Waals surface area contributed by atoms with Crippen LogP contribution >= 0.6 is 11.8 Å². The molecule has 0 aromatic heterocycles. The summed E-state index contributed by atoms with van der Waals surface area (Å²) in [6.45, 7) is 6.58. The van der Waals surface area contributed by atoms with E-state index < -0.39 is 0 Å². The molecule has 1 heterocycles. The fourth-order valence-corrected chi connectivity index (χ4v) is 4.03. The molecule has 1 fully saturated rings. The maximum atomic E-state index is 8.77. The van der Waals surface area contributed by atoms with Gasteiger partial charge in [0.05, 0.1) is 0 Å². The first kappa shape index (κ1) is 14.3. The summed E-state index contributed by atoms with van der Waals surface area (Å²) in [5.41, 5.74) is 6.35. The molecule has 0 amide bonds. The Hall–Kier alpha value is 0.230. The molecule has 96 valence electrons. The van der Waals surface area contributed by atoms with E-state index in [4.69, 9.17) is 10.8 Å². The average molecular weight is 246 g/mol. The van der Waals surface area contributed by atoms with Gasteiger partial charge in [-0.3, -0.25) is 0 Å². The lowest BCUT2D eigenvalue weighted by atomic mass is 9.70. The van der Waals surface area contributed by atoms with Gasteiger partial charge in [0.1, 0.15) is 0 Å². The minimum Gasteiger partial charge on any atom is -0.396 e. The van der Waals surface area contributed by atoms with Gasteiger partial charge in [0.2, 0.25) is 0 Å². The standard InChI is InChI=1S/C12H26N2OS/c1-11(2)5-8-16-10-12(11,9-13)14-6-3-4-7-15/h14-15H,3-10,13H2,1-2H3. The Morgan fingerprint density at radius 3 is 2.69 bits per heavy atom. The second-order valence-electron chi connectivity index (χ2n) is 5.33. The van der Waals surface area contributed by atoms with Crippen molar-refractivity contribution in [1.29, 1.82) is 0 Å². The number of thioether (sulfide) groups is 1. The van der Waals surface area contributed by atoms with Gasteiger partial charge in [0.15, 0.2) is 0 Å². The van der Waals surface area contributed by atoms with Crippen molar-refractivity contribution in [2.75, 3.05) is 31.2 Å². The Labute approximate surface area is 104 Å². The molecule has 1 unspecified atom stereocenters. The van der Waals surface area contributed by atoms with E-state index in [0.717, 1.165) is 25.1 Å². The van der Waals surface area contributed by atoms with Crippen LogP contribution in [0, 0.1) is 5.41 Å². The minimum atomic E-state index is 0.0748. The molecule has 1 rings (SSSR count). The fraction of sp³-hybridized carbons (Fsp3) is 1.00. The SMILES string of the molecule is CC1(C)CCSCC1(CN)NCCCCO. The van der Waals surface area contributed by atoms with E-state index in [2.05, 4.69) is 19.2 Å². The van der Waals surface area contributed by atoms with Crippen LogP contribution in [-0.4, -0.2) is 41.8 Å². The van der Waals surface area contributed by atoms with Crippen molar-refractivity contribution in [3.63, 3.8) is 0 Å². The zero-order valence-electron chi connectivity index (χ0n) is 10.6. The normalized spacial score (nSPS) is 29.2. The molecular formula is C12H26N2OS. The monoisotopic (exact) mass is 246 g/mol. The molecule has 0 bridgehead atoms. The van der Waals surface area contributed by atoms with E-state index in [0.29, 0.717) is 6.54 Å². The van der Waals surface area contributed by atoms with Crippen molar-refractivity contribution in [1.82, 2.24) is 5.32 Å². The largest absolute Gasteiger partial charge is 0.396 e. The Balaban J connectivity index is 2.53. The van der Waals surface area contributed by atoms with E-state index in [1.807, 2.05) is 11.8 Å². The third kappa shape index (κ3) is 3.13. The topological polar surface area (TPSA) is 58.3 Å². The maximum Gasteiger partial charge on any atom is 0.0447 e. The zero-order chi connectivity index (χ0) is 12.1. The molecule has 16 heavy (non-hydrogen) atoms. The molecule has 0 aliphatic carbocycles. The van der Waals surface area contributed by atoms with Crippen LogP contribution in [0.1, 0.15) is 33.1 Å². The highest BCUT2D eigenvalue weighted by Crippen LogP contribution is 2.41. The molecule has 1 aliphatic heterocycles. The molecule has 1 atom stereocenters. The molecule has 0 aromatic carbocycles. The van der Waals surface area contributed by atoms with Crippen LogP contribution in [0.5, 0.6) is 0 Å². The van der Waals surface area contributed by atoms with Crippen molar-refractivity contribution in [2.24, 2.45) is 11.1 Å². The number of hydrogen-bond donors (Lipinski definition) is 3. The van der Waals surface area contributed by atoms with Crippen molar-refractivity contribution in [3.8, 4) is 0 Å². The van der Waals surface area contributed by atoms with Crippen molar-refractivity contribution < 1.29 is 5.11 Å². The molecular weight excluding hydrogens is 220 g/mol. The van der Waals surface area contributed by atoms with Gasteiger partial charge < -0.3 is 16.2 Å². The number of aliphatic hydroxyl groups excluding tert-OH is 1. The second-order valence-corrected chi connectivity index (χ2v) is 6.44. The molecule has 0 aromatic rings. The fourth-order valence-electron chi connectivity index (χ4n) is 2.27. The zero-order valence-corrected chi connectivity index (χ0v) is 11.4. The third-order valence-electron chi connectivity index (χ3n) is 3.91. The first-order valence-corrected chi connectivity index (χ1v) is 7.37. The van der Waals surface area contributed by atoms with E-state index in [1.54, 1.807) is 0 Å². The van der Waals surface area contributed by atoms with Crippen LogP contribution < -0.4 is 11.1 Å². The third-order valence-corrected chi connectivity index (χ3v) is 5.10. The summed E-state index contributed by atoms with van der Waals surface area (Å²) in [5, 5.41) is 12.4. The molecule has 4 N–H and O–H groups in total. The van der Waals surface area contributed by atoms with Crippen molar-refractivity contribution in [2.45, 2.75) is 38.6 Å². The van der Waals surface area contributed by atoms with E-state index in [-0.39, 0.29) is 17.6 Å². The van der Waals surface area contributed by atoms with Crippen LogP contribution in [-0.2, 0) is 0 Å². The lowest BCUT2D eigenvalue weighted by Crippen LogP contribution is -2.64. The Bertz CT molecular complexity index is 211. The Morgan fingerprint density at radius 2 is 2.12 bits per heavy atom. The quantitative estimate of drug-likeness (QED) is 0.617. The van der Waals surface area contributed by atoms with Gasteiger partial charge in [-0.2, -0.15) is 11.8 Å². The molecule has 0 radical (unpaired) electrons. The predicted molar refractivity (Wildman–Crippen MR) is 71.8 cm³/mol. The number of aliphatic hydroxyl groups is 1.